The van der Waals surface area contributed by atoms with Gasteiger partial charge in [-0.05, 0) is 25.5 Å². The van der Waals surface area contributed by atoms with E-state index in [2.05, 4.69) is 5.32 Å². The Morgan fingerprint density at radius 1 is 1.67 bits per heavy atom. The van der Waals surface area contributed by atoms with Gasteiger partial charge < -0.3 is 15.5 Å². The lowest BCUT2D eigenvalue weighted by molar-refractivity contribution is -0.123. The van der Waals surface area contributed by atoms with E-state index in [1.54, 1.807) is 12.3 Å². The van der Waals surface area contributed by atoms with Gasteiger partial charge >= 0.3 is 0 Å². The van der Waals surface area contributed by atoms with Crippen molar-refractivity contribution in [3.05, 3.63) is 24.2 Å². The van der Waals surface area contributed by atoms with Gasteiger partial charge in [0.25, 0.3) is 0 Å². The number of nitrogens with two attached hydrogens (primary N) is 1. The second kappa shape index (κ2) is 5.56. The number of carbonyl (C=O) groups is 1. The Kier molecular flexibility index (Phi) is 4.37. The molecule has 4 nitrogen and oxygen atoms in total. The minimum absolute atomic E-state index is 0.124. The van der Waals surface area contributed by atoms with Crippen LogP contribution in [0.15, 0.2) is 22.8 Å². The summed E-state index contributed by atoms with van der Waals surface area (Å²) in [4.78, 5) is 11.6. The number of hydrogen-bond donors (Lipinski definition) is 2. The lowest BCUT2D eigenvalue weighted by Gasteiger charge is -2.15. The van der Waals surface area contributed by atoms with E-state index in [0.717, 1.165) is 12.2 Å². The molecule has 1 rings (SSSR count). The Morgan fingerprint density at radius 3 is 2.93 bits per heavy atom. The van der Waals surface area contributed by atoms with Crippen LogP contribution in [0.4, 0.5) is 0 Å². The van der Waals surface area contributed by atoms with Gasteiger partial charge in [-0.2, -0.15) is 0 Å². The molecule has 0 aliphatic rings. The van der Waals surface area contributed by atoms with E-state index in [0.29, 0.717) is 6.42 Å². The maximum atomic E-state index is 11.6. The highest BCUT2D eigenvalue weighted by atomic mass is 16.3. The van der Waals surface area contributed by atoms with Crippen molar-refractivity contribution >= 4 is 5.91 Å². The van der Waals surface area contributed by atoms with Gasteiger partial charge in [0.2, 0.25) is 5.91 Å². The molecule has 2 atom stereocenters. The predicted octanol–water partition coefficient (Wildman–Crippen LogP) is 1.58. The molecule has 1 aromatic rings. The smallest absolute Gasteiger partial charge is 0.237 e. The molecule has 1 amide bonds. The Bertz CT molecular complexity index is 296. The maximum absolute atomic E-state index is 11.6. The monoisotopic (exact) mass is 210 g/mol. The Labute approximate surface area is 89.8 Å². The lowest BCUT2D eigenvalue weighted by Crippen LogP contribution is -2.41. The summed E-state index contributed by atoms with van der Waals surface area (Å²) in [6.07, 6.45) is 3.20. The standard InChI is InChI=1S/C11H18N2O2/c1-3-5-9(12)11(14)13-8(2)10-6-4-7-15-10/h4,6-9H,3,5,12H2,1-2H3,(H,13,14)/t8?,9-/m1/s1. The highest BCUT2D eigenvalue weighted by Gasteiger charge is 2.16. The van der Waals surface area contributed by atoms with E-state index in [1.165, 1.54) is 0 Å². The molecule has 0 radical (unpaired) electrons. The molecule has 0 saturated heterocycles. The number of hydrogen-bond acceptors (Lipinski definition) is 3. The third kappa shape index (κ3) is 3.40. The van der Waals surface area contributed by atoms with E-state index in [1.807, 2.05) is 19.9 Å². The van der Waals surface area contributed by atoms with E-state index in [4.69, 9.17) is 10.2 Å². The van der Waals surface area contributed by atoms with Gasteiger partial charge in [0.15, 0.2) is 0 Å². The molecule has 1 heterocycles. The minimum Gasteiger partial charge on any atom is -0.467 e. The SMILES string of the molecule is CCC[C@@H](N)C(=O)NC(C)c1ccco1. The zero-order valence-electron chi connectivity index (χ0n) is 9.19. The molecular formula is C11H18N2O2. The van der Waals surface area contributed by atoms with Gasteiger partial charge in [-0.25, -0.2) is 0 Å². The number of rotatable bonds is 5. The van der Waals surface area contributed by atoms with E-state index in [-0.39, 0.29) is 11.9 Å². The maximum Gasteiger partial charge on any atom is 0.237 e. The van der Waals surface area contributed by atoms with Crippen molar-refractivity contribution in [2.45, 2.75) is 38.8 Å². The molecule has 0 spiro atoms. The molecule has 0 aliphatic carbocycles. The summed E-state index contributed by atoms with van der Waals surface area (Å²) in [7, 11) is 0. The van der Waals surface area contributed by atoms with Crippen LogP contribution in [0.5, 0.6) is 0 Å². The quantitative estimate of drug-likeness (QED) is 0.775. The van der Waals surface area contributed by atoms with Crippen LogP contribution in [0.3, 0.4) is 0 Å². The zero-order valence-corrected chi connectivity index (χ0v) is 9.19. The van der Waals surface area contributed by atoms with E-state index >= 15 is 0 Å². The average Bonchev–Trinajstić information content (AvgIpc) is 2.70. The number of amides is 1. The molecule has 0 saturated carbocycles. The predicted molar refractivity (Wildman–Crippen MR) is 58.1 cm³/mol. The van der Waals surface area contributed by atoms with E-state index < -0.39 is 6.04 Å². The molecule has 0 aliphatic heterocycles. The zero-order chi connectivity index (χ0) is 11.3. The van der Waals surface area contributed by atoms with Crippen LogP contribution in [0.1, 0.15) is 38.5 Å². The van der Waals surface area contributed by atoms with Crippen molar-refractivity contribution in [2.24, 2.45) is 5.73 Å². The van der Waals surface area contributed by atoms with Crippen LogP contribution in [0.2, 0.25) is 0 Å². The number of carbonyl (C=O) groups excluding carboxylic acids is 1. The van der Waals surface area contributed by atoms with E-state index in [9.17, 15) is 4.79 Å². The first-order valence-corrected chi connectivity index (χ1v) is 5.24. The van der Waals surface area contributed by atoms with Gasteiger partial charge in [-0.3, -0.25) is 4.79 Å². The molecule has 0 fully saturated rings. The minimum atomic E-state index is -0.424. The Morgan fingerprint density at radius 2 is 2.40 bits per heavy atom. The van der Waals surface area contributed by atoms with Gasteiger partial charge in [0.1, 0.15) is 5.76 Å². The van der Waals surface area contributed by atoms with Crippen LogP contribution in [0, 0.1) is 0 Å². The topological polar surface area (TPSA) is 68.3 Å². The molecule has 4 heteroatoms. The van der Waals surface area contributed by atoms with Crippen molar-refractivity contribution in [1.29, 1.82) is 0 Å². The van der Waals surface area contributed by atoms with Gasteiger partial charge in [-0.15, -0.1) is 0 Å². The van der Waals surface area contributed by atoms with Crippen molar-refractivity contribution in [2.75, 3.05) is 0 Å². The Hall–Kier alpha value is -1.29. The molecule has 0 aromatic carbocycles. The first kappa shape index (κ1) is 11.8. The highest BCUT2D eigenvalue weighted by molar-refractivity contribution is 5.81. The van der Waals surface area contributed by atoms with Crippen LogP contribution in [0.25, 0.3) is 0 Å². The lowest BCUT2D eigenvalue weighted by atomic mass is 10.1. The fraction of sp³-hybridized carbons (Fsp3) is 0.545. The summed E-state index contributed by atoms with van der Waals surface area (Å²) in [5, 5.41) is 2.81. The van der Waals surface area contributed by atoms with Gasteiger partial charge in [0.05, 0.1) is 18.3 Å². The summed E-state index contributed by atoms with van der Waals surface area (Å²) in [5.74, 6) is 0.618. The molecule has 15 heavy (non-hydrogen) atoms. The fourth-order valence-electron chi connectivity index (χ4n) is 1.37. The fourth-order valence-corrected chi connectivity index (χ4v) is 1.37. The summed E-state index contributed by atoms with van der Waals surface area (Å²) < 4.78 is 5.18. The van der Waals surface area contributed by atoms with Crippen LogP contribution >= 0.6 is 0 Å². The van der Waals surface area contributed by atoms with Crippen molar-refractivity contribution in [1.82, 2.24) is 5.32 Å². The Balaban J connectivity index is 2.44. The summed E-state index contributed by atoms with van der Waals surface area (Å²) >= 11 is 0. The van der Waals surface area contributed by atoms with Gasteiger partial charge in [0, 0.05) is 0 Å². The number of furan rings is 1. The van der Waals surface area contributed by atoms with Crippen molar-refractivity contribution in [3.63, 3.8) is 0 Å². The summed E-state index contributed by atoms with van der Waals surface area (Å²) in [5.41, 5.74) is 5.69. The molecule has 1 aromatic heterocycles. The van der Waals surface area contributed by atoms with Crippen LogP contribution < -0.4 is 11.1 Å². The average molecular weight is 210 g/mol. The van der Waals surface area contributed by atoms with Crippen LogP contribution in [-0.2, 0) is 4.79 Å². The molecular weight excluding hydrogens is 192 g/mol. The third-order valence-corrected chi connectivity index (χ3v) is 2.27. The first-order valence-electron chi connectivity index (χ1n) is 5.24. The number of nitrogens with one attached hydrogen (secondary N) is 1. The second-order valence-corrected chi connectivity index (χ2v) is 3.64. The first-order chi connectivity index (χ1) is 7.15. The largest absolute Gasteiger partial charge is 0.467 e. The summed E-state index contributed by atoms with van der Waals surface area (Å²) in [6, 6.07) is 3.07. The van der Waals surface area contributed by atoms with Gasteiger partial charge in [-0.1, -0.05) is 13.3 Å². The van der Waals surface area contributed by atoms with Crippen LogP contribution in [-0.4, -0.2) is 11.9 Å². The molecule has 1 unspecified atom stereocenters. The normalized spacial score (nSPS) is 14.6. The summed E-state index contributed by atoms with van der Waals surface area (Å²) in [6.45, 7) is 3.87. The molecule has 3 N–H and O–H groups in total. The third-order valence-electron chi connectivity index (χ3n) is 2.27. The van der Waals surface area contributed by atoms with Crippen molar-refractivity contribution < 1.29 is 9.21 Å². The second-order valence-electron chi connectivity index (χ2n) is 3.64. The molecule has 84 valence electrons. The highest BCUT2D eigenvalue weighted by Crippen LogP contribution is 2.12. The molecule has 0 bridgehead atoms. The van der Waals surface area contributed by atoms with Crippen molar-refractivity contribution in [3.8, 4) is 0 Å².